The van der Waals surface area contributed by atoms with Gasteiger partial charge in [0.2, 0.25) is 35.4 Å². The van der Waals surface area contributed by atoms with Crippen molar-refractivity contribution < 1.29 is 48.9 Å². The minimum atomic E-state index is -1.73. The molecular formula is C37H59N7O10. The summed E-state index contributed by atoms with van der Waals surface area (Å²) in [6.07, 6.45) is -1.95. The van der Waals surface area contributed by atoms with Crippen LogP contribution in [0, 0.1) is 5.92 Å². The van der Waals surface area contributed by atoms with E-state index in [1.807, 2.05) is 6.92 Å². The summed E-state index contributed by atoms with van der Waals surface area (Å²) in [5.74, 6) is -6.48. The van der Waals surface area contributed by atoms with Crippen LogP contribution in [-0.4, -0.2) is 122 Å². The fourth-order valence-electron chi connectivity index (χ4n) is 6.14. The van der Waals surface area contributed by atoms with E-state index in [2.05, 4.69) is 31.9 Å². The highest BCUT2D eigenvalue weighted by molar-refractivity contribution is 5.97. The molecule has 9 N–H and O–H groups in total. The maximum absolute atomic E-state index is 14.2. The molecule has 54 heavy (non-hydrogen) atoms. The zero-order chi connectivity index (χ0) is 41.1. The van der Waals surface area contributed by atoms with Gasteiger partial charge < -0.3 is 47.2 Å². The largest absolute Gasteiger partial charge is 0.508 e. The Kier molecular flexibility index (Phi) is 16.9. The third-order valence-corrected chi connectivity index (χ3v) is 8.75. The fourth-order valence-corrected chi connectivity index (χ4v) is 6.14. The van der Waals surface area contributed by atoms with E-state index in [9.17, 15) is 48.9 Å². The molecule has 17 heteroatoms. The molecular weight excluding hydrogens is 702 g/mol. The topological polar surface area (TPSA) is 256 Å². The van der Waals surface area contributed by atoms with E-state index in [1.165, 1.54) is 26.0 Å². The van der Waals surface area contributed by atoms with Crippen LogP contribution in [0.2, 0.25) is 0 Å². The van der Waals surface area contributed by atoms with Gasteiger partial charge in [0.05, 0.1) is 24.6 Å². The summed E-state index contributed by atoms with van der Waals surface area (Å²) >= 11 is 0. The maximum atomic E-state index is 14.2. The third-order valence-electron chi connectivity index (χ3n) is 8.75. The summed E-state index contributed by atoms with van der Waals surface area (Å²) in [6.45, 7) is 15.2. The minimum absolute atomic E-state index is 0.0186. The van der Waals surface area contributed by atoms with Crippen molar-refractivity contribution in [3.05, 3.63) is 29.8 Å². The Morgan fingerprint density at radius 1 is 0.815 bits per heavy atom. The molecule has 1 aromatic carbocycles. The molecule has 0 spiro atoms. The van der Waals surface area contributed by atoms with Gasteiger partial charge in [0.15, 0.2) is 0 Å². The van der Waals surface area contributed by atoms with Crippen LogP contribution >= 0.6 is 0 Å². The van der Waals surface area contributed by atoms with Crippen molar-refractivity contribution in [3.63, 3.8) is 0 Å². The van der Waals surface area contributed by atoms with Crippen LogP contribution in [0.25, 0.3) is 0 Å². The van der Waals surface area contributed by atoms with Crippen molar-refractivity contribution in [3.8, 4) is 5.75 Å². The summed E-state index contributed by atoms with van der Waals surface area (Å²) in [4.78, 5) is 96.6. The Morgan fingerprint density at radius 3 is 1.87 bits per heavy atom. The molecule has 0 aliphatic carbocycles. The molecule has 1 fully saturated rings. The van der Waals surface area contributed by atoms with Crippen molar-refractivity contribution in [2.75, 3.05) is 6.54 Å². The van der Waals surface area contributed by atoms with Crippen LogP contribution in [0.1, 0.15) is 87.1 Å². The second-order valence-corrected chi connectivity index (χ2v) is 15.4. The molecule has 1 heterocycles. The number of carboxylic acids is 1. The fraction of sp³-hybridized carbons (Fsp3) is 0.649. The molecule has 0 aromatic heterocycles. The summed E-state index contributed by atoms with van der Waals surface area (Å²) in [6, 6.07) is -3.27. The molecule has 6 amide bonds. The van der Waals surface area contributed by atoms with E-state index in [-0.39, 0.29) is 31.1 Å². The highest BCUT2D eigenvalue weighted by Gasteiger charge is 2.41. The quantitative estimate of drug-likeness (QED) is 0.149. The summed E-state index contributed by atoms with van der Waals surface area (Å²) in [7, 11) is 0. The Labute approximate surface area is 316 Å². The first kappa shape index (κ1) is 45.4. The van der Waals surface area contributed by atoms with Crippen molar-refractivity contribution >= 4 is 41.4 Å². The summed E-state index contributed by atoms with van der Waals surface area (Å²) in [5, 5.41) is 45.8. The van der Waals surface area contributed by atoms with Crippen molar-refractivity contribution in [2.45, 2.75) is 142 Å². The number of aliphatic carboxylic acids is 1. The van der Waals surface area contributed by atoms with Crippen molar-refractivity contribution in [1.82, 2.24) is 36.8 Å². The first-order chi connectivity index (χ1) is 25.0. The second-order valence-electron chi connectivity index (χ2n) is 15.4. The van der Waals surface area contributed by atoms with Crippen LogP contribution in [-0.2, 0) is 40.0 Å². The number of rotatable bonds is 10. The number of carbonyl (C=O) groups excluding carboxylic acids is 6. The summed E-state index contributed by atoms with van der Waals surface area (Å²) < 4.78 is 0. The van der Waals surface area contributed by atoms with Crippen molar-refractivity contribution in [2.24, 2.45) is 5.92 Å². The van der Waals surface area contributed by atoms with Crippen LogP contribution in [0.3, 0.4) is 0 Å². The number of aliphatic hydroxyl groups is 1. The van der Waals surface area contributed by atoms with E-state index in [0.717, 1.165) is 0 Å². The Bertz CT molecular complexity index is 1490. The smallest absolute Gasteiger partial charge is 0.305 e. The lowest BCUT2D eigenvalue weighted by Crippen LogP contribution is -2.66. The van der Waals surface area contributed by atoms with Gasteiger partial charge in [0.25, 0.3) is 0 Å². The first-order valence-electron chi connectivity index (χ1n) is 18.3. The molecule has 0 unspecified atom stereocenters. The van der Waals surface area contributed by atoms with E-state index >= 15 is 0 Å². The third kappa shape index (κ3) is 13.9. The number of phenolic OH excluding ortho intramolecular Hbond substituents is 1. The lowest BCUT2D eigenvalue weighted by atomic mass is 9.99. The molecule has 2 rings (SSSR count). The molecule has 1 aliphatic heterocycles. The molecule has 1 aromatic rings. The Morgan fingerprint density at radius 2 is 1.35 bits per heavy atom. The molecule has 17 nitrogen and oxygen atoms in total. The number of benzene rings is 1. The highest BCUT2D eigenvalue weighted by atomic mass is 16.4. The van der Waals surface area contributed by atoms with Gasteiger partial charge in [-0.25, -0.2) is 0 Å². The zero-order valence-corrected chi connectivity index (χ0v) is 32.7. The Hall–Kier alpha value is -4.77. The Balaban J connectivity index is 2.80. The number of aliphatic hydroxyl groups excluding tert-OH is 1. The van der Waals surface area contributed by atoms with Crippen molar-refractivity contribution in [1.29, 1.82) is 0 Å². The molecule has 8 atom stereocenters. The number of nitrogens with zero attached hydrogens (tertiary/aromatic N) is 1. The van der Waals surface area contributed by atoms with Crippen LogP contribution in [0.5, 0.6) is 5.75 Å². The van der Waals surface area contributed by atoms with E-state index in [1.54, 1.807) is 58.6 Å². The average Bonchev–Trinajstić information content (AvgIpc) is 3.04. The monoisotopic (exact) mass is 761 g/mol. The van der Waals surface area contributed by atoms with Crippen LogP contribution in [0.4, 0.5) is 0 Å². The van der Waals surface area contributed by atoms with Gasteiger partial charge in [0, 0.05) is 12.0 Å². The standard InChI is InChI=1S/C37H59N7O10/c1-10-15-44-21(5)31(49)39-26(17-23-11-13-24(46)14-12-23)33(51)40-25(16-19(2)3)32(50)41-27(18-28(47)48)34(52)42-29(22(6)45)35(53)38-20(4)30(44)36(54)43-37(7,8)9/h11-14,19-22,25-27,29-30,45-46H,10,15-18H2,1-9H3,(H,38,53)(H,39,49)(H,40,51)(H,41,50)(H,42,52)(H,43,54)(H,47,48)/t20-,21-,22+,25-,26-,27-,29-,30-/m0/s1. The first-order valence-corrected chi connectivity index (χ1v) is 18.3. The predicted octanol–water partition coefficient (Wildman–Crippen LogP) is -0.322. The van der Waals surface area contributed by atoms with Gasteiger partial charge in [-0.2, -0.15) is 0 Å². The van der Waals surface area contributed by atoms with Gasteiger partial charge in [-0.05, 0) is 84.5 Å². The average molecular weight is 762 g/mol. The summed E-state index contributed by atoms with van der Waals surface area (Å²) in [5.41, 5.74) is -0.168. The normalized spacial score (nSPS) is 26.3. The van der Waals surface area contributed by atoms with Gasteiger partial charge in [-0.15, -0.1) is 0 Å². The SMILES string of the molecule is CCCN1[C@H](C(=O)NC(C)(C)C)[C@H](C)NC(=O)[C@H]([C@@H](C)O)NC(=O)[C@H](CC(=O)O)NC(=O)[C@H](CC(C)C)NC(=O)[C@H](Cc2ccc(O)cc2)NC(=O)[C@@H]1C. The number of aromatic hydroxyl groups is 1. The molecule has 0 radical (unpaired) electrons. The van der Waals surface area contributed by atoms with Gasteiger partial charge in [-0.1, -0.05) is 32.9 Å². The zero-order valence-electron chi connectivity index (χ0n) is 32.7. The highest BCUT2D eigenvalue weighted by Crippen LogP contribution is 2.17. The maximum Gasteiger partial charge on any atom is 0.305 e. The van der Waals surface area contributed by atoms with Gasteiger partial charge >= 0.3 is 5.97 Å². The van der Waals surface area contributed by atoms with Gasteiger partial charge in [-0.3, -0.25) is 38.5 Å². The number of carbonyl (C=O) groups is 7. The lowest BCUT2D eigenvalue weighted by molar-refractivity contribution is -0.142. The predicted molar refractivity (Wildman–Crippen MR) is 199 cm³/mol. The van der Waals surface area contributed by atoms with E-state index < -0.39 is 102 Å². The molecule has 0 bridgehead atoms. The van der Waals surface area contributed by atoms with Gasteiger partial charge in [0.1, 0.15) is 36.0 Å². The van der Waals surface area contributed by atoms with E-state index in [4.69, 9.17) is 0 Å². The molecule has 1 aliphatic rings. The second kappa shape index (κ2) is 20.1. The lowest BCUT2D eigenvalue weighted by Gasteiger charge is -2.40. The number of amides is 6. The van der Waals surface area contributed by atoms with Crippen LogP contribution in [0.15, 0.2) is 24.3 Å². The number of nitrogens with one attached hydrogen (secondary N) is 6. The minimum Gasteiger partial charge on any atom is -0.508 e. The number of hydrogen-bond acceptors (Lipinski definition) is 10. The van der Waals surface area contributed by atoms with Crippen LogP contribution < -0.4 is 31.9 Å². The molecule has 0 saturated carbocycles. The molecule has 1 saturated heterocycles. The van der Waals surface area contributed by atoms with E-state index in [0.29, 0.717) is 12.0 Å². The number of phenols is 1. The number of carboxylic acid groups (broad SMARTS) is 1. The molecule has 302 valence electrons. The number of hydrogen-bond donors (Lipinski definition) is 9.